The normalized spacial score (nSPS) is 33.3. The molecule has 0 aromatic carbocycles. The number of hydrogen-bond acceptors (Lipinski definition) is 3. The maximum absolute atomic E-state index is 12.7. The Bertz CT molecular complexity index is 404. The molecule has 1 aliphatic carbocycles. The van der Waals surface area contributed by atoms with Crippen molar-refractivity contribution in [3.05, 3.63) is 0 Å². The van der Waals surface area contributed by atoms with Crippen LogP contribution in [0, 0.1) is 17.8 Å². The minimum atomic E-state index is 0.123. The van der Waals surface area contributed by atoms with Crippen LogP contribution in [0.3, 0.4) is 0 Å². The molecule has 3 aliphatic rings. The standard InChI is InChI=1S/C16H26N2O3/c1-11(19)17-5-3-12(4-6-17)16(20)18-9-13-7-15(21-2)8-14(13)10-18/h12-15H,3-10H2,1-2H3/t13-,14+,15?. The second kappa shape index (κ2) is 5.95. The van der Waals surface area contributed by atoms with Gasteiger partial charge in [0.05, 0.1) is 6.10 Å². The Balaban J connectivity index is 1.51. The van der Waals surface area contributed by atoms with Gasteiger partial charge in [-0.3, -0.25) is 9.59 Å². The number of ether oxygens (including phenoxy) is 1. The van der Waals surface area contributed by atoms with Crippen molar-refractivity contribution in [3.63, 3.8) is 0 Å². The van der Waals surface area contributed by atoms with Crippen molar-refractivity contribution in [3.8, 4) is 0 Å². The van der Waals surface area contributed by atoms with Gasteiger partial charge in [-0.1, -0.05) is 0 Å². The lowest BCUT2D eigenvalue weighted by Crippen LogP contribution is -2.43. The molecule has 0 aromatic rings. The van der Waals surface area contributed by atoms with E-state index in [1.165, 1.54) is 0 Å². The number of carbonyl (C=O) groups is 2. The molecule has 0 radical (unpaired) electrons. The van der Waals surface area contributed by atoms with Crippen molar-refractivity contribution < 1.29 is 14.3 Å². The number of carbonyl (C=O) groups excluding carboxylic acids is 2. The van der Waals surface area contributed by atoms with E-state index < -0.39 is 0 Å². The van der Waals surface area contributed by atoms with Crippen molar-refractivity contribution >= 4 is 11.8 Å². The molecule has 3 atom stereocenters. The van der Waals surface area contributed by atoms with Crippen molar-refractivity contribution in [1.82, 2.24) is 9.80 Å². The van der Waals surface area contributed by atoms with E-state index in [4.69, 9.17) is 4.74 Å². The van der Waals surface area contributed by atoms with Crippen LogP contribution in [-0.2, 0) is 14.3 Å². The minimum Gasteiger partial charge on any atom is -0.381 e. The number of amides is 2. The molecule has 0 bridgehead atoms. The van der Waals surface area contributed by atoms with Crippen LogP contribution in [0.25, 0.3) is 0 Å². The van der Waals surface area contributed by atoms with Gasteiger partial charge in [0, 0.05) is 46.1 Å². The Kier molecular flexibility index (Phi) is 4.20. The van der Waals surface area contributed by atoms with Crippen LogP contribution in [0.4, 0.5) is 0 Å². The van der Waals surface area contributed by atoms with Gasteiger partial charge in [0.1, 0.15) is 0 Å². The van der Waals surface area contributed by atoms with Crippen molar-refractivity contribution in [1.29, 1.82) is 0 Å². The van der Waals surface area contributed by atoms with Crippen LogP contribution in [0.15, 0.2) is 0 Å². The fourth-order valence-corrected chi connectivity index (χ4v) is 4.32. The van der Waals surface area contributed by atoms with E-state index in [2.05, 4.69) is 4.90 Å². The van der Waals surface area contributed by atoms with Crippen LogP contribution in [-0.4, -0.2) is 61.0 Å². The highest BCUT2D eigenvalue weighted by molar-refractivity contribution is 5.80. The number of fused-ring (bicyclic) bond motifs is 1. The summed E-state index contributed by atoms with van der Waals surface area (Å²) in [6, 6.07) is 0. The molecular formula is C16H26N2O3. The van der Waals surface area contributed by atoms with E-state index in [1.54, 1.807) is 14.0 Å². The summed E-state index contributed by atoms with van der Waals surface area (Å²) < 4.78 is 5.45. The third kappa shape index (κ3) is 2.93. The average Bonchev–Trinajstić information content (AvgIpc) is 3.04. The molecule has 2 saturated heterocycles. The molecule has 2 aliphatic heterocycles. The number of nitrogens with zero attached hydrogens (tertiary/aromatic N) is 2. The Labute approximate surface area is 126 Å². The fraction of sp³-hybridized carbons (Fsp3) is 0.875. The lowest BCUT2D eigenvalue weighted by molar-refractivity contribution is -0.139. The molecule has 0 aromatic heterocycles. The van der Waals surface area contributed by atoms with Crippen LogP contribution in [0.2, 0.25) is 0 Å². The first kappa shape index (κ1) is 14.8. The highest BCUT2D eigenvalue weighted by Crippen LogP contribution is 2.40. The van der Waals surface area contributed by atoms with E-state index >= 15 is 0 Å². The number of hydrogen-bond donors (Lipinski definition) is 0. The van der Waals surface area contributed by atoms with Crippen LogP contribution in [0.1, 0.15) is 32.6 Å². The fourth-order valence-electron chi connectivity index (χ4n) is 4.32. The van der Waals surface area contributed by atoms with Gasteiger partial charge >= 0.3 is 0 Å². The topological polar surface area (TPSA) is 49.9 Å². The van der Waals surface area contributed by atoms with Gasteiger partial charge in [-0.05, 0) is 37.5 Å². The zero-order valence-electron chi connectivity index (χ0n) is 13.1. The summed E-state index contributed by atoms with van der Waals surface area (Å²) in [5, 5.41) is 0. The van der Waals surface area contributed by atoms with Gasteiger partial charge in [-0.25, -0.2) is 0 Å². The molecule has 0 N–H and O–H groups in total. The predicted molar refractivity (Wildman–Crippen MR) is 78.6 cm³/mol. The summed E-state index contributed by atoms with van der Waals surface area (Å²) in [5.74, 6) is 1.84. The predicted octanol–water partition coefficient (Wildman–Crippen LogP) is 1.13. The molecule has 3 rings (SSSR count). The molecule has 1 saturated carbocycles. The van der Waals surface area contributed by atoms with E-state index in [9.17, 15) is 9.59 Å². The van der Waals surface area contributed by atoms with E-state index in [1.807, 2.05) is 4.90 Å². The van der Waals surface area contributed by atoms with E-state index in [0.29, 0.717) is 23.8 Å². The Hall–Kier alpha value is -1.10. The summed E-state index contributed by atoms with van der Waals surface area (Å²) in [6.07, 6.45) is 4.26. The zero-order chi connectivity index (χ0) is 15.0. The molecule has 0 spiro atoms. The monoisotopic (exact) mass is 294 g/mol. The Morgan fingerprint density at radius 3 is 2.05 bits per heavy atom. The van der Waals surface area contributed by atoms with Crippen molar-refractivity contribution in [2.45, 2.75) is 38.7 Å². The number of methoxy groups -OCH3 is 1. The first-order valence-corrected chi connectivity index (χ1v) is 8.15. The smallest absolute Gasteiger partial charge is 0.225 e. The molecule has 2 amide bonds. The molecule has 118 valence electrons. The number of likely N-dealkylation sites (tertiary alicyclic amines) is 2. The third-order valence-corrected chi connectivity index (χ3v) is 5.64. The summed E-state index contributed by atoms with van der Waals surface area (Å²) in [5.41, 5.74) is 0. The quantitative estimate of drug-likeness (QED) is 0.767. The molecule has 21 heavy (non-hydrogen) atoms. The summed E-state index contributed by atoms with van der Waals surface area (Å²) in [4.78, 5) is 27.9. The summed E-state index contributed by atoms with van der Waals surface area (Å²) in [6.45, 7) is 4.90. The van der Waals surface area contributed by atoms with Gasteiger partial charge in [-0.15, -0.1) is 0 Å². The molecule has 3 fully saturated rings. The average molecular weight is 294 g/mol. The van der Waals surface area contributed by atoms with Crippen molar-refractivity contribution in [2.75, 3.05) is 33.3 Å². The second-order valence-corrected chi connectivity index (χ2v) is 6.87. The van der Waals surface area contributed by atoms with Gasteiger partial charge in [0.25, 0.3) is 0 Å². The minimum absolute atomic E-state index is 0.123. The Morgan fingerprint density at radius 1 is 1.00 bits per heavy atom. The molecule has 2 heterocycles. The Morgan fingerprint density at radius 2 is 1.57 bits per heavy atom. The summed E-state index contributed by atoms with van der Waals surface area (Å²) >= 11 is 0. The molecule has 1 unspecified atom stereocenters. The zero-order valence-corrected chi connectivity index (χ0v) is 13.1. The molecule has 5 nitrogen and oxygen atoms in total. The third-order valence-electron chi connectivity index (χ3n) is 5.64. The largest absolute Gasteiger partial charge is 0.381 e. The SMILES string of the molecule is COC1C[C@@H]2CN(C(=O)C3CCN(C(C)=O)CC3)C[C@@H]2C1. The highest BCUT2D eigenvalue weighted by atomic mass is 16.5. The number of rotatable bonds is 2. The highest BCUT2D eigenvalue weighted by Gasteiger charge is 2.43. The van der Waals surface area contributed by atoms with Gasteiger partial charge in [-0.2, -0.15) is 0 Å². The van der Waals surface area contributed by atoms with Crippen molar-refractivity contribution in [2.24, 2.45) is 17.8 Å². The lowest BCUT2D eigenvalue weighted by atomic mass is 9.95. The lowest BCUT2D eigenvalue weighted by Gasteiger charge is -2.33. The maximum Gasteiger partial charge on any atom is 0.225 e. The van der Waals surface area contributed by atoms with E-state index in [-0.39, 0.29) is 11.8 Å². The first-order valence-electron chi connectivity index (χ1n) is 8.15. The number of piperidine rings is 1. The molecular weight excluding hydrogens is 268 g/mol. The maximum atomic E-state index is 12.7. The van der Waals surface area contributed by atoms with Gasteiger partial charge in [0.15, 0.2) is 0 Å². The van der Waals surface area contributed by atoms with Crippen LogP contribution in [0.5, 0.6) is 0 Å². The van der Waals surface area contributed by atoms with E-state index in [0.717, 1.165) is 51.9 Å². The van der Waals surface area contributed by atoms with Crippen LogP contribution < -0.4 is 0 Å². The summed E-state index contributed by atoms with van der Waals surface area (Å²) in [7, 11) is 1.79. The van der Waals surface area contributed by atoms with Gasteiger partial charge < -0.3 is 14.5 Å². The first-order chi connectivity index (χ1) is 10.1. The second-order valence-electron chi connectivity index (χ2n) is 6.87. The van der Waals surface area contributed by atoms with Gasteiger partial charge in [0.2, 0.25) is 11.8 Å². The molecule has 5 heteroatoms. The van der Waals surface area contributed by atoms with Crippen LogP contribution >= 0.6 is 0 Å².